The fourth-order valence-corrected chi connectivity index (χ4v) is 4.43. The van der Waals surface area contributed by atoms with Crippen LogP contribution in [0.3, 0.4) is 0 Å². The third kappa shape index (κ3) is 5.02. The molecule has 1 aliphatic heterocycles. The van der Waals surface area contributed by atoms with Gasteiger partial charge in [0.15, 0.2) is 5.52 Å². The molecule has 12 heteroatoms. The summed E-state index contributed by atoms with van der Waals surface area (Å²) in [7, 11) is 0. The number of aromatic amines is 1. The molecule has 0 saturated carbocycles. The molecule has 3 unspecified atom stereocenters. The van der Waals surface area contributed by atoms with Crippen molar-refractivity contribution in [2.24, 2.45) is 11.8 Å². The number of rotatable bonds is 4. The van der Waals surface area contributed by atoms with Gasteiger partial charge in [-0.2, -0.15) is 13.2 Å². The fraction of sp³-hybridized carbons (Fsp3) is 0.458. The Kier molecular flexibility index (Phi) is 6.72. The summed E-state index contributed by atoms with van der Waals surface area (Å²) in [5, 5.41) is 0. The first-order valence-electron chi connectivity index (χ1n) is 11.4. The van der Waals surface area contributed by atoms with Gasteiger partial charge in [-0.3, -0.25) is 9.59 Å². The van der Waals surface area contributed by atoms with Gasteiger partial charge in [0.25, 0.3) is 11.5 Å². The number of pyridine rings is 2. The molecule has 3 aromatic rings. The predicted molar refractivity (Wildman–Crippen MR) is 122 cm³/mol. The molecule has 192 valence electrons. The van der Waals surface area contributed by atoms with Crippen molar-refractivity contribution in [3.63, 3.8) is 0 Å². The van der Waals surface area contributed by atoms with Crippen molar-refractivity contribution < 1.29 is 27.1 Å². The van der Waals surface area contributed by atoms with E-state index >= 15 is 0 Å². The molecule has 1 fully saturated rings. The van der Waals surface area contributed by atoms with Crippen LogP contribution in [0.1, 0.15) is 54.3 Å². The average Bonchev–Trinajstić information content (AvgIpc) is 2.80. The molecule has 4 heterocycles. The second-order valence-corrected chi connectivity index (χ2v) is 9.19. The number of fused-ring (bicyclic) bond motifs is 1. The van der Waals surface area contributed by atoms with Gasteiger partial charge < -0.3 is 14.6 Å². The van der Waals surface area contributed by atoms with Gasteiger partial charge in [-0.25, -0.2) is 19.3 Å². The van der Waals surface area contributed by atoms with Crippen LogP contribution < -0.4 is 10.3 Å². The van der Waals surface area contributed by atoms with Crippen molar-refractivity contribution in [3.05, 3.63) is 57.4 Å². The van der Waals surface area contributed by atoms with Crippen LogP contribution in [0.2, 0.25) is 0 Å². The van der Waals surface area contributed by atoms with E-state index in [1.165, 1.54) is 32.2 Å². The zero-order valence-corrected chi connectivity index (χ0v) is 20.1. The number of hydrogen-bond acceptors (Lipinski definition) is 6. The van der Waals surface area contributed by atoms with Crippen LogP contribution in [-0.4, -0.2) is 50.0 Å². The van der Waals surface area contributed by atoms with E-state index in [1.54, 1.807) is 18.7 Å². The number of ether oxygens (including phenoxy) is 1. The van der Waals surface area contributed by atoms with Gasteiger partial charge >= 0.3 is 6.18 Å². The third-order valence-electron chi connectivity index (χ3n) is 6.19. The maximum Gasteiger partial charge on any atom is 0.418 e. The molecule has 0 bridgehead atoms. The van der Waals surface area contributed by atoms with Crippen LogP contribution in [0.5, 0.6) is 5.88 Å². The molecule has 4 rings (SSSR count). The molecule has 8 nitrogen and oxygen atoms in total. The highest BCUT2D eigenvalue weighted by Crippen LogP contribution is 2.36. The summed E-state index contributed by atoms with van der Waals surface area (Å²) in [6, 6.07) is 3.59. The lowest BCUT2D eigenvalue weighted by atomic mass is 9.89. The summed E-state index contributed by atoms with van der Waals surface area (Å²) in [6.45, 7) is 6.86. The van der Waals surface area contributed by atoms with E-state index in [4.69, 9.17) is 4.74 Å². The van der Waals surface area contributed by atoms with Crippen LogP contribution in [-0.2, 0) is 6.18 Å². The molecular weight excluding hydrogens is 482 g/mol. The Balaban J connectivity index is 1.57. The quantitative estimate of drug-likeness (QED) is 0.530. The number of aromatic nitrogens is 4. The highest BCUT2D eigenvalue weighted by Gasteiger charge is 2.37. The summed E-state index contributed by atoms with van der Waals surface area (Å²) >= 11 is 0. The van der Waals surface area contributed by atoms with Crippen molar-refractivity contribution in [2.45, 2.75) is 46.1 Å². The van der Waals surface area contributed by atoms with Crippen molar-refractivity contribution in [1.29, 1.82) is 0 Å². The Morgan fingerprint density at radius 1 is 1.19 bits per heavy atom. The number of carbonyl (C=O) groups is 1. The molecule has 1 amide bonds. The van der Waals surface area contributed by atoms with Crippen molar-refractivity contribution in [1.82, 2.24) is 24.8 Å². The normalized spacial score (nSPS) is 21.4. The topological polar surface area (TPSA) is 101 Å². The molecule has 3 aromatic heterocycles. The number of carbonyl (C=O) groups excluding carboxylic acids is 1. The largest absolute Gasteiger partial charge is 0.468 e. The van der Waals surface area contributed by atoms with Gasteiger partial charge in [0.2, 0.25) is 5.88 Å². The lowest BCUT2D eigenvalue weighted by Gasteiger charge is -2.37. The first kappa shape index (κ1) is 25.5. The highest BCUT2D eigenvalue weighted by molar-refractivity contribution is 5.94. The van der Waals surface area contributed by atoms with E-state index in [0.29, 0.717) is 0 Å². The summed E-state index contributed by atoms with van der Waals surface area (Å²) in [4.78, 5) is 41.0. The number of hydrogen-bond donors (Lipinski definition) is 1. The van der Waals surface area contributed by atoms with Crippen LogP contribution >= 0.6 is 0 Å². The number of nitrogens with one attached hydrogen (secondary N) is 1. The van der Waals surface area contributed by atoms with E-state index in [0.717, 1.165) is 6.07 Å². The molecule has 3 atom stereocenters. The van der Waals surface area contributed by atoms with Crippen molar-refractivity contribution in [2.75, 3.05) is 13.1 Å². The lowest BCUT2D eigenvalue weighted by Crippen LogP contribution is -2.48. The third-order valence-corrected chi connectivity index (χ3v) is 6.19. The molecule has 0 aliphatic carbocycles. The Hall–Kier alpha value is -3.57. The molecule has 1 N–H and O–H groups in total. The molecular formula is C24H25F4N5O3. The first-order valence-corrected chi connectivity index (χ1v) is 11.4. The minimum Gasteiger partial charge on any atom is -0.468 e. The molecule has 1 saturated heterocycles. The maximum atomic E-state index is 14.1. The zero-order chi connectivity index (χ0) is 26.4. The smallest absolute Gasteiger partial charge is 0.418 e. The number of H-pyrrole nitrogens is 1. The number of amides is 1. The summed E-state index contributed by atoms with van der Waals surface area (Å²) in [5.74, 6) is -0.772. The SMILES string of the molecule is Cc1nc2cc(C(F)(F)F)c(C(C)Oc3ccc(C(=O)N4CC(C)C(F)C(C)C4)cn3)nc2c(=O)[nH]1. The number of likely N-dealkylation sites (tertiary alicyclic amines) is 1. The molecule has 1 aliphatic rings. The monoisotopic (exact) mass is 507 g/mol. The summed E-state index contributed by atoms with van der Waals surface area (Å²) in [5.41, 5.74) is -2.41. The molecule has 0 spiro atoms. The van der Waals surface area contributed by atoms with E-state index in [2.05, 4.69) is 19.9 Å². The number of nitrogens with zero attached hydrogens (tertiary/aromatic N) is 4. The first-order chi connectivity index (χ1) is 16.8. The van der Waals surface area contributed by atoms with Gasteiger partial charge in [-0.1, -0.05) is 13.8 Å². The number of halogens is 4. The van der Waals surface area contributed by atoms with Crippen LogP contribution in [0.15, 0.2) is 29.2 Å². The Bertz CT molecular complexity index is 1330. The highest BCUT2D eigenvalue weighted by atomic mass is 19.4. The van der Waals surface area contributed by atoms with Gasteiger partial charge in [-0.05, 0) is 26.0 Å². The van der Waals surface area contributed by atoms with Gasteiger partial charge in [0.1, 0.15) is 18.1 Å². The summed E-state index contributed by atoms with van der Waals surface area (Å²) in [6.07, 6.45) is -5.72. The second kappa shape index (κ2) is 9.47. The van der Waals surface area contributed by atoms with E-state index in [-0.39, 0.29) is 59.1 Å². The van der Waals surface area contributed by atoms with Crippen molar-refractivity contribution in [3.8, 4) is 5.88 Å². The fourth-order valence-electron chi connectivity index (χ4n) is 4.43. The van der Waals surface area contributed by atoms with Gasteiger partial charge in [0, 0.05) is 37.2 Å². The Morgan fingerprint density at radius 3 is 2.44 bits per heavy atom. The lowest BCUT2D eigenvalue weighted by molar-refractivity contribution is -0.139. The number of alkyl halides is 4. The predicted octanol–water partition coefficient (Wildman–Crippen LogP) is 4.25. The Morgan fingerprint density at radius 2 is 1.86 bits per heavy atom. The second-order valence-electron chi connectivity index (χ2n) is 9.19. The van der Waals surface area contributed by atoms with Gasteiger partial charge in [-0.15, -0.1) is 0 Å². The molecule has 0 radical (unpaired) electrons. The number of aryl methyl sites for hydroxylation is 1. The Labute approximate surface area is 203 Å². The van der Waals surface area contributed by atoms with E-state index < -0.39 is 35.3 Å². The minimum atomic E-state index is -4.77. The van der Waals surface area contributed by atoms with Crippen LogP contribution in [0.25, 0.3) is 11.0 Å². The summed E-state index contributed by atoms with van der Waals surface area (Å²) < 4.78 is 61.0. The standard InChI is InChI=1S/C24H25F4N5O3/c1-11-9-33(10-12(2)19(11)25)23(35)15-5-6-18(29-8-15)36-13(3)20-16(24(26,27)28)7-17-21(32-20)22(34)31-14(4)30-17/h5-8,11-13,19H,9-10H2,1-4H3,(H,30,31,34). The molecule has 0 aromatic carbocycles. The average molecular weight is 507 g/mol. The van der Waals surface area contributed by atoms with E-state index in [1.807, 2.05) is 0 Å². The van der Waals surface area contributed by atoms with Crippen LogP contribution in [0, 0.1) is 18.8 Å². The van der Waals surface area contributed by atoms with Gasteiger partial charge in [0.05, 0.1) is 22.3 Å². The van der Waals surface area contributed by atoms with Crippen molar-refractivity contribution >= 4 is 16.9 Å². The maximum absolute atomic E-state index is 14.1. The molecule has 36 heavy (non-hydrogen) atoms. The zero-order valence-electron chi connectivity index (χ0n) is 20.1. The number of piperidine rings is 1. The van der Waals surface area contributed by atoms with E-state index in [9.17, 15) is 27.2 Å². The minimum absolute atomic E-state index is 0.0331. The van der Waals surface area contributed by atoms with Crippen LogP contribution in [0.4, 0.5) is 17.6 Å².